The van der Waals surface area contributed by atoms with Gasteiger partial charge in [-0.05, 0) is 12.1 Å². The molecule has 1 aliphatic rings. The number of carbonyl (C=O) groups is 1. The Labute approximate surface area is 191 Å². The summed E-state index contributed by atoms with van der Waals surface area (Å²) < 4.78 is 31.9. The molecule has 0 fully saturated rings. The van der Waals surface area contributed by atoms with Crippen LogP contribution in [0.25, 0.3) is 5.76 Å². The highest BCUT2D eigenvalue weighted by atomic mass is 35.5. The van der Waals surface area contributed by atoms with Gasteiger partial charge in [0.25, 0.3) is 15.2 Å². The molecule has 1 aliphatic heterocycles. The van der Waals surface area contributed by atoms with Crippen molar-refractivity contribution in [1.29, 1.82) is 5.41 Å². The summed E-state index contributed by atoms with van der Waals surface area (Å²) in [7, 11) is 1.13. The molecule has 1 aromatic carbocycles. The van der Waals surface area contributed by atoms with Crippen LogP contribution in [0.1, 0.15) is 18.4 Å². The number of carbonyl (C=O) groups excluding carboxylic acids is 1. The number of likely N-dealkylation sites (N-methyl/N-ethyl adjacent to an activating group) is 1. The van der Waals surface area contributed by atoms with Crippen LogP contribution in [0, 0.1) is 5.41 Å². The highest BCUT2D eigenvalue weighted by Crippen LogP contribution is 2.36. The number of aromatic nitrogens is 1. The zero-order valence-electron chi connectivity index (χ0n) is 17.2. The van der Waals surface area contributed by atoms with Gasteiger partial charge in [-0.3, -0.25) is 13.6 Å². The summed E-state index contributed by atoms with van der Waals surface area (Å²) >= 11 is 1.53. The van der Waals surface area contributed by atoms with E-state index < -0.39 is 27.6 Å². The van der Waals surface area contributed by atoms with Crippen LogP contribution in [-0.2, 0) is 19.6 Å². The highest BCUT2D eigenvalue weighted by molar-refractivity contribution is 7.89. The van der Waals surface area contributed by atoms with Gasteiger partial charge in [-0.25, -0.2) is 8.42 Å². The Bertz CT molecular complexity index is 1110. The van der Waals surface area contributed by atoms with E-state index in [9.17, 15) is 18.3 Å². The molecular weight excluding hydrogens is 464 g/mol. The molecule has 1 aromatic heterocycles. The standard InChI is InChI=1S/C19H22N4O5S2.ClH/c1-22-16(18(20)25)17(13-7-4-5-8-14(13)30(22,26)27)28-15(24)9-6-11-23(2,3)19-21-10-12-29-19;/h4-5,7-8,10,12H,6,9,11H2,1-3H3,(H-,20,25);1H. The van der Waals surface area contributed by atoms with Crippen molar-refractivity contribution in [2.75, 3.05) is 27.7 Å². The number of esters is 1. The molecule has 0 radical (unpaired) electrons. The molecule has 2 heterocycles. The number of rotatable bonds is 7. The summed E-state index contributed by atoms with van der Waals surface area (Å²) in [6, 6.07) is 5.94. The second-order valence-corrected chi connectivity index (χ2v) is 10.1. The van der Waals surface area contributed by atoms with Crippen LogP contribution < -0.4 is 9.59 Å². The Balaban J connectivity index is 0.00000341. The lowest BCUT2D eigenvalue weighted by atomic mass is 10.1. The average Bonchev–Trinajstić information content (AvgIpc) is 3.22. The maximum atomic E-state index is 12.7. The zero-order valence-corrected chi connectivity index (χ0v) is 19.6. The van der Waals surface area contributed by atoms with Crippen molar-refractivity contribution in [3.05, 3.63) is 47.1 Å². The lowest BCUT2D eigenvalue weighted by Gasteiger charge is -2.32. The minimum Gasteiger partial charge on any atom is -0.858 e. The van der Waals surface area contributed by atoms with Crippen LogP contribution in [0.5, 0.6) is 0 Å². The van der Waals surface area contributed by atoms with E-state index in [1.165, 1.54) is 29.5 Å². The number of halogens is 1. The number of fused-ring (bicyclic) bond motifs is 1. The molecule has 2 aromatic rings. The molecule has 0 aliphatic carbocycles. The number of thiazole rings is 1. The number of hydrogen-bond acceptors (Lipinski definition) is 8. The number of hydrogen-bond donors (Lipinski definition) is 1. The van der Waals surface area contributed by atoms with Crippen molar-refractivity contribution in [2.24, 2.45) is 0 Å². The second-order valence-electron chi connectivity index (χ2n) is 7.28. The molecule has 0 saturated carbocycles. The van der Waals surface area contributed by atoms with Gasteiger partial charge in [0.15, 0.2) is 5.76 Å². The fraction of sp³-hybridized carbons (Fsp3) is 0.316. The molecule has 0 bridgehead atoms. The maximum Gasteiger partial charge on any atom is 0.311 e. The van der Waals surface area contributed by atoms with Crippen molar-refractivity contribution >= 4 is 56.5 Å². The van der Waals surface area contributed by atoms with E-state index in [1.54, 1.807) is 12.3 Å². The van der Waals surface area contributed by atoms with Crippen molar-refractivity contribution < 1.29 is 23.1 Å². The van der Waals surface area contributed by atoms with Gasteiger partial charge in [-0.1, -0.05) is 23.5 Å². The van der Waals surface area contributed by atoms with Crippen molar-refractivity contribution in [1.82, 2.24) is 13.8 Å². The van der Waals surface area contributed by atoms with Crippen LogP contribution in [0.3, 0.4) is 0 Å². The van der Waals surface area contributed by atoms with Gasteiger partial charge in [0.05, 0.1) is 32.0 Å². The fourth-order valence-electron chi connectivity index (χ4n) is 3.16. The van der Waals surface area contributed by atoms with E-state index in [0.29, 0.717) is 21.8 Å². The Morgan fingerprint density at radius 3 is 2.61 bits per heavy atom. The van der Waals surface area contributed by atoms with Gasteiger partial charge in [-0.15, -0.1) is 12.4 Å². The zero-order chi connectivity index (χ0) is 22.1. The SMILES string of the molecule is CN1C(C(=N)[O-])=C(OC(=O)CCC[N+](C)(C)c2nccs2)c2ccccc2S1(=O)=O.Cl. The van der Waals surface area contributed by atoms with E-state index in [4.69, 9.17) is 10.1 Å². The van der Waals surface area contributed by atoms with Gasteiger partial charge in [0, 0.05) is 36.5 Å². The summed E-state index contributed by atoms with van der Waals surface area (Å²) in [4.78, 5) is 16.7. The molecule has 31 heavy (non-hydrogen) atoms. The number of nitrogens with one attached hydrogen (secondary N) is 1. The first kappa shape index (κ1) is 24.8. The molecular formula is C19H23ClN4O5S2. The molecule has 9 nitrogen and oxygen atoms in total. The summed E-state index contributed by atoms with van der Waals surface area (Å²) in [5.41, 5.74) is -0.389. The summed E-state index contributed by atoms with van der Waals surface area (Å²) in [5.74, 6) is -2.06. The molecule has 168 valence electrons. The van der Waals surface area contributed by atoms with E-state index in [0.717, 1.165) is 12.2 Å². The third kappa shape index (κ3) is 4.90. The average molecular weight is 487 g/mol. The summed E-state index contributed by atoms with van der Waals surface area (Å²) in [6.07, 6.45) is 2.29. The predicted molar refractivity (Wildman–Crippen MR) is 119 cm³/mol. The highest BCUT2D eigenvalue weighted by Gasteiger charge is 2.36. The van der Waals surface area contributed by atoms with Crippen LogP contribution in [-0.4, -0.2) is 57.3 Å². The summed E-state index contributed by atoms with van der Waals surface area (Å²) in [5, 5.41) is 22.2. The minimum atomic E-state index is -4.01. The first-order valence-corrected chi connectivity index (χ1v) is 11.4. The van der Waals surface area contributed by atoms with Crippen LogP contribution in [0.4, 0.5) is 5.13 Å². The van der Waals surface area contributed by atoms with E-state index >= 15 is 0 Å². The lowest BCUT2D eigenvalue weighted by Crippen LogP contribution is -2.41. The fourth-order valence-corrected chi connectivity index (χ4v) is 5.29. The molecule has 0 unspecified atom stereocenters. The number of ether oxygens (including phenoxy) is 1. The van der Waals surface area contributed by atoms with Crippen molar-refractivity contribution in [3.63, 3.8) is 0 Å². The van der Waals surface area contributed by atoms with Crippen LogP contribution in [0.15, 0.2) is 46.4 Å². The monoisotopic (exact) mass is 486 g/mol. The minimum absolute atomic E-state index is 0. The number of sulfonamides is 1. The van der Waals surface area contributed by atoms with Gasteiger partial charge < -0.3 is 15.3 Å². The molecule has 0 saturated heterocycles. The smallest absolute Gasteiger partial charge is 0.311 e. The Morgan fingerprint density at radius 1 is 1.32 bits per heavy atom. The largest absolute Gasteiger partial charge is 0.858 e. The van der Waals surface area contributed by atoms with Gasteiger partial charge in [0.1, 0.15) is 5.70 Å². The third-order valence-corrected chi connectivity index (χ3v) is 7.65. The third-order valence-electron chi connectivity index (χ3n) is 4.77. The van der Waals surface area contributed by atoms with Crippen molar-refractivity contribution in [3.8, 4) is 0 Å². The Hall–Kier alpha value is -2.47. The Kier molecular flexibility index (Phi) is 7.48. The van der Waals surface area contributed by atoms with E-state index in [2.05, 4.69) is 4.98 Å². The van der Waals surface area contributed by atoms with Crippen molar-refractivity contribution in [2.45, 2.75) is 17.7 Å². The van der Waals surface area contributed by atoms with Crippen LogP contribution >= 0.6 is 23.7 Å². The predicted octanol–water partition coefficient (Wildman–Crippen LogP) is 1.80. The molecule has 12 heteroatoms. The van der Waals surface area contributed by atoms with Gasteiger partial charge in [0.2, 0.25) is 0 Å². The molecule has 0 spiro atoms. The first-order chi connectivity index (χ1) is 14.1. The Morgan fingerprint density at radius 2 is 2.00 bits per heavy atom. The number of quaternary nitrogens is 1. The van der Waals surface area contributed by atoms with Crippen LogP contribution in [0.2, 0.25) is 0 Å². The quantitative estimate of drug-likeness (QED) is 0.275. The lowest BCUT2D eigenvalue weighted by molar-refractivity contribution is -0.216. The summed E-state index contributed by atoms with van der Waals surface area (Å²) in [6.45, 7) is 0.636. The molecule has 1 N–H and O–H groups in total. The van der Waals surface area contributed by atoms with Gasteiger partial charge in [-0.2, -0.15) is 4.98 Å². The maximum absolute atomic E-state index is 12.7. The molecule has 0 amide bonds. The number of nitrogens with zero attached hydrogens (tertiary/aromatic N) is 3. The van der Waals surface area contributed by atoms with E-state index in [1.807, 2.05) is 19.5 Å². The number of benzene rings is 1. The second kappa shape index (κ2) is 9.35. The van der Waals surface area contributed by atoms with E-state index in [-0.39, 0.29) is 35.0 Å². The normalized spacial score (nSPS) is 15.1. The van der Waals surface area contributed by atoms with Gasteiger partial charge >= 0.3 is 5.97 Å². The molecule has 3 rings (SSSR count). The first-order valence-electron chi connectivity index (χ1n) is 9.08. The molecule has 0 atom stereocenters. The topological polar surface area (TPSA) is 123 Å².